The number of thiophene rings is 1. The van der Waals surface area contributed by atoms with Gasteiger partial charge in [-0.05, 0) is 50.6 Å². The Kier molecular flexibility index (Phi) is 5.64. The van der Waals surface area contributed by atoms with E-state index in [1.807, 2.05) is 43.3 Å². The van der Waals surface area contributed by atoms with Crippen molar-refractivity contribution in [1.82, 2.24) is 4.90 Å². The fourth-order valence-corrected chi connectivity index (χ4v) is 5.17. The number of benzene rings is 2. The summed E-state index contributed by atoms with van der Waals surface area (Å²) in [5, 5.41) is 11.5. The van der Waals surface area contributed by atoms with Gasteiger partial charge < -0.3 is 9.84 Å². The molecule has 28 heavy (non-hydrogen) atoms. The fourth-order valence-electron chi connectivity index (χ4n) is 3.94. The van der Waals surface area contributed by atoms with Crippen LogP contribution in [0.1, 0.15) is 42.1 Å². The van der Waals surface area contributed by atoms with Crippen LogP contribution in [0.3, 0.4) is 0 Å². The van der Waals surface area contributed by atoms with Crippen molar-refractivity contribution >= 4 is 27.4 Å². The lowest BCUT2D eigenvalue weighted by Crippen LogP contribution is -2.29. The Bertz CT molecular complexity index is 974. The van der Waals surface area contributed by atoms with Gasteiger partial charge in [0.2, 0.25) is 0 Å². The minimum atomic E-state index is -0.321. The average Bonchev–Trinajstić information content (AvgIpc) is 3.12. The standard InChI is InChI=1S/C23H25NO3S/c1-2-27-23(26)21-20-17(15-24-13-7-4-8-14-24)18(25)11-12-19(20)28-22(21)16-9-5-3-6-10-16/h3,5-6,9-12,25H,2,4,7-8,13-15H2,1H3. The maximum absolute atomic E-state index is 13.0. The van der Waals surface area contributed by atoms with Crippen molar-refractivity contribution < 1.29 is 14.6 Å². The first-order valence-electron chi connectivity index (χ1n) is 9.91. The second kappa shape index (κ2) is 8.33. The Morgan fingerprint density at radius 1 is 1.11 bits per heavy atom. The third-order valence-electron chi connectivity index (χ3n) is 5.28. The van der Waals surface area contributed by atoms with Gasteiger partial charge in [0, 0.05) is 22.2 Å². The molecule has 0 aliphatic carbocycles. The highest BCUT2D eigenvalue weighted by atomic mass is 32.1. The monoisotopic (exact) mass is 395 g/mol. The van der Waals surface area contributed by atoms with Gasteiger partial charge in [-0.2, -0.15) is 0 Å². The van der Waals surface area contributed by atoms with Gasteiger partial charge in [-0.1, -0.05) is 36.8 Å². The number of likely N-dealkylation sites (tertiary alicyclic amines) is 1. The van der Waals surface area contributed by atoms with E-state index in [9.17, 15) is 9.90 Å². The van der Waals surface area contributed by atoms with Crippen molar-refractivity contribution in [2.45, 2.75) is 32.7 Å². The van der Waals surface area contributed by atoms with E-state index in [1.165, 1.54) is 19.3 Å². The summed E-state index contributed by atoms with van der Waals surface area (Å²) in [6, 6.07) is 13.6. The molecule has 2 aromatic carbocycles. The highest BCUT2D eigenvalue weighted by Gasteiger charge is 2.26. The molecule has 0 saturated carbocycles. The van der Waals surface area contributed by atoms with Crippen molar-refractivity contribution in [2.75, 3.05) is 19.7 Å². The van der Waals surface area contributed by atoms with Crippen LogP contribution in [0, 0.1) is 0 Å². The SMILES string of the molecule is CCOC(=O)c1c(-c2ccccc2)sc2ccc(O)c(CN3CCCCC3)c12. The summed E-state index contributed by atoms with van der Waals surface area (Å²) in [5.74, 6) is -0.0702. The van der Waals surface area contributed by atoms with Crippen LogP contribution in [0.4, 0.5) is 0 Å². The molecule has 1 aliphatic heterocycles. The van der Waals surface area contributed by atoms with Crippen molar-refractivity contribution in [3.8, 4) is 16.2 Å². The van der Waals surface area contributed by atoms with Crippen molar-refractivity contribution in [1.29, 1.82) is 0 Å². The van der Waals surface area contributed by atoms with Crippen LogP contribution < -0.4 is 0 Å². The number of hydrogen-bond donors (Lipinski definition) is 1. The van der Waals surface area contributed by atoms with Gasteiger partial charge in [0.1, 0.15) is 5.75 Å². The zero-order valence-corrected chi connectivity index (χ0v) is 16.9. The summed E-state index contributed by atoms with van der Waals surface area (Å²) >= 11 is 1.59. The average molecular weight is 396 g/mol. The smallest absolute Gasteiger partial charge is 0.340 e. The zero-order valence-electron chi connectivity index (χ0n) is 16.1. The third-order valence-corrected chi connectivity index (χ3v) is 6.49. The van der Waals surface area contributed by atoms with Crippen LogP contribution in [0.25, 0.3) is 20.5 Å². The summed E-state index contributed by atoms with van der Waals surface area (Å²) in [5.41, 5.74) is 2.41. The fraction of sp³-hybridized carbons (Fsp3) is 0.348. The number of hydrogen-bond acceptors (Lipinski definition) is 5. The summed E-state index contributed by atoms with van der Waals surface area (Å²) in [6.07, 6.45) is 3.62. The van der Waals surface area contributed by atoms with Gasteiger partial charge in [-0.25, -0.2) is 4.79 Å². The van der Waals surface area contributed by atoms with E-state index in [4.69, 9.17) is 4.74 Å². The Morgan fingerprint density at radius 2 is 1.86 bits per heavy atom. The third kappa shape index (κ3) is 3.64. The number of phenolic OH excluding ortho intramolecular Hbond substituents is 1. The largest absolute Gasteiger partial charge is 0.508 e. The summed E-state index contributed by atoms with van der Waals surface area (Å²) in [6.45, 7) is 4.85. The maximum atomic E-state index is 13.0. The molecule has 0 spiro atoms. The Hall–Kier alpha value is -2.37. The van der Waals surface area contributed by atoms with Crippen molar-refractivity contribution in [3.63, 3.8) is 0 Å². The maximum Gasteiger partial charge on any atom is 0.340 e. The molecule has 2 heterocycles. The number of carbonyl (C=O) groups is 1. The molecular weight excluding hydrogens is 370 g/mol. The molecule has 4 rings (SSSR count). The van der Waals surface area contributed by atoms with Crippen LogP contribution in [-0.4, -0.2) is 35.7 Å². The molecule has 5 heteroatoms. The Labute approximate surface area is 169 Å². The van der Waals surface area contributed by atoms with Gasteiger partial charge in [0.15, 0.2) is 0 Å². The van der Waals surface area contributed by atoms with E-state index < -0.39 is 0 Å². The number of carbonyl (C=O) groups excluding carboxylic acids is 1. The van der Waals surface area contributed by atoms with Crippen molar-refractivity contribution in [2.24, 2.45) is 0 Å². The molecule has 3 aromatic rings. The van der Waals surface area contributed by atoms with Crippen LogP contribution >= 0.6 is 11.3 Å². The topological polar surface area (TPSA) is 49.8 Å². The summed E-state index contributed by atoms with van der Waals surface area (Å²) < 4.78 is 6.42. The Morgan fingerprint density at radius 3 is 2.57 bits per heavy atom. The molecule has 4 nitrogen and oxygen atoms in total. The van der Waals surface area contributed by atoms with Gasteiger partial charge in [-0.15, -0.1) is 11.3 Å². The van der Waals surface area contributed by atoms with E-state index in [-0.39, 0.29) is 11.7 Å². The minimum absolute atomic E-state index is 0.251. The van der Waals surface area contributed by atoms with Crippen LogP contribution in [-0.2, 0) is 11.3 Å². The van der Waals surface area contributed by atoms with Gasteiger partial charge >= 0.3 is 5.97 Å². The van der Waals surface area contributed by atoms with Gasteiger partial charge in [-0.3, -0.25) is 4.90 Å². The first kappa shape index (κ1) is 19.0. The molecule has 1 aromatic heterocycles. The molecule has 0 atom stereocenters. The number of esters is 1. The molecule has 1 N–H and O–H groups in total. The highest BCUT2D eigenvalue weighted by Crippen LogP contribution is 2.43. The predicted molar refractivity (Wildman–Crippen MR) is 114 cm³/mol. The van der Waals surface area contributed by atoms with Crippen LogP contribution in [0.5, 0.6) is 5.75 Å². The van der Waals surface area contributed by atoms with Gasteiger partial charge in [0.05, 0.1) is 17.0 Å². The number of rotatable bonds is 5. The number of fused-ring (bicyclic) bond motifs is 1. The number of piperidine rings is 1. The summed E-state index contributed by atoms with van der Waals surface area (Å²) in [7, 11) is 0. The van der Waals surface area contributed by atoms with E-state index in [0.29, 0.717) is 18.7 Å². The lowest BCUT2D eigenvalue weighted by Gasteiger charge is -2.27. The highest BCUT2D eigenvalue weighted by molar-refractivity contribution is 7.22. The molecule has 0 unspecified atom stereocenters. The number of nitrogens with zero attached hydrogens (tertiary/aromatic N) is 1. The lowest BCUT2D eigenvalue weighted by molar-refractivity contribution is 0.0530. The normalized spacial score (nSPS) is 15.0. The van der Waals surface area contributed by atoms with Crippen LogP contribution in [0.15, 0.2) is 42.5 Å². The molecule has 1 fully saturated rings. The Balaban J connectivity index is 1.90. The lowest BCUT2D eigenvalue weighted by atomic mass is 10.00. The number of aromatic hydroxyl groups is 1. The minimum Gasteiger partial charge on any atom is -0.508 e. The molecule has 0 bridgehead atoms. The van der Waals surface area contributed by atoms with Crippen LogP contribution in [0.2, 0.25) is 0 Å². The number of ether oxygens (including phenoxy) is 1. The molecule has 0 radical (unpaired) electrons. The molecule has 1 saturated heterocycles. The van der Waals surface area contributed by atoms with E-state index in [2.05, 4.69) is 4.90 Å². The predicted octanol–water partition coefficient (Wildman–Crippen LogP) is 5.44. The first-order chi connectivity index (χ1) is 13.7. The molecule has 0 amide bonds. The molecular formula is C23H25NO3S. The first-order valence-corrected chi connectivity index (χ1v) is 10.7. The van der Waals surface area contributed by atoms with Crippen molar-refractivity contribution in [3.05, 3.63) is 53.6 Å². The van der Waals surface area contributed by atoms with E-state index in [0.717, 1.165) is 39.2 Å². The second-order valence-electron chi connectivity index (χ2n) is 7.17. The van der Waals surface area contributed by atoms with Gasteiger partial charge in [0.25, 0.3) is 0 Å². The quantitative estimate of drug-likeness (QED) is 0.585. The zero-order chi connectivity index (χ0) is 19.5. The number of phenols is 1. The second-order valence-corrected chi connectivity index (χ2v) is 8.22. The van der Waals surface area contributed by atoms with E-state index in [1.54, 1.807) is 17.4 Å². The molecule has 1 aliphatic rings. The van der Waals surface area contributed by atoms with E-state index >= 15 is 0 Å². The molecule has 146 valence electrons. The summed E-state index contributed by atoms with van der Waals surface area (Å²) in [4.78, 5) is 16.2.